The smallest absolute Gasteiger partial charge is 0.310 e. The second-order valence-electron chi connectivity index (χ2n) is 12.0. The number of carbonyl (C=O) groups is 1. The van der Waals surface area contributed by atoms with Crippen molar-refractivity contribution in [2.24, 2.45) is 5.41 Å². The summed E-state index contributed by atoms with van der Waals surface area (Å²) in [5.41, 5.74) is 9.83. The molecule has 2 aromatic heterocycles. The summed E-state index contributed by atoms with van der Waals surface area (Å²) in [4.78, 5) is 19.1. The van der Waals surface area contributed by atoms with Gasteiger partial charge in [-0.3, -0.25) is 4.79 Å². The van der Waals surface area contributed by atoms with Crippen LogP contribution in [0.2, 0.25) is 0 Å². The maximum absolute atomic E-state index is 12.2. The lowest BCUT2D eigenvalue weighted by Crippen LogP contribution is -2.42. The van der Waals surface area contributed by atoms with E-state index < -0.39 is 17.3 Å². The minimum atomic E-state index is -1.42. The molecule has 1 saturated carbocycles. The van der Waals surface area contributed by atoms with Crippen molar-refractivity contribution in [2.45, 2.75) is 51.9 Å². The minimum Gasteiger partial charge on any atom is -0.593 e. The second-order valence-corrected chi connectivity index (χ2v) is 13.1. The van der Waals surface area contributed by atoms with E-state index in [0.717, 1.165) is 54.7 Å². The van der Waals surface area contributed by atoms with Crippen LogP contribution in [0.25, 0.3) is 27.7 Å². The molecule has 1 N–H and O–H groups in total. The van der Waals surface area contributed by atoms with Gasteiger partial charge in [-0.25, -0.2) is 4.98 Å². The van der Waals surface area contributed by atoms with E-state index >= 15 is 0 Å². The lowest BCUT2D eigenvalue weighted by molar-refractivity contribution is 0.0977. The first-order valence-corrected chi connectivity index (χ1v) is 15.9. The summed E-state index contributed by atoms with van der Waals surface area (Å²) in [6.07, 6.45) is 9.65. The maximum Gasteiger partial charge on any atom is 0.310 e. The number of pyridine rings is 1. The van der Waals surface area contributed by atoms with Gasteiger partial charge < -0.3 is 14.0 Å². The minimum absolute atomic E-state index is 0.238. The Kier molecular flexibility index (Phi) is 6.43. The number of aromatic nitrogens is 2. The van der Waals surface area contributed by atoms with Crippen molar-refractivity contribution in [1.82, 2.24) is 14.9 Å². The van der Waals surface area contributed by atoms with E-state index in [1.54, 1.807) is 6.07 Å². The molecule has 1 amide bonds. The van der Waals surface area contributed by atoms with Crippen molar-refractivity contribution in [1.29, 1.82) is 0 Å². The van der Waals surface area contributed by atoms with Crippen LogP contribution in [0.1, 0.15) is 71.0 Å². The highest BCUT2D eigenvalue weighted by Crippen LogP contribution is 2.56. The number of fused-ring (bicyclic) bond motifs is 1. The Morgan fingerprint density at radius 1 is 1.07 bits per heavy atom. The van der Waals surface area contributed by atoms with Crippen molar-refractivity contribution in [2.75, 3.05) is 24.2 Å². The predicted octanol–water partition coefficient (Wildman–Crippen LogP) is 6.48. The summed E-state index contributed by atoms with van der Waals surface area (Å²) >= 11 is -1.42. The number of hydrogen-bond donors (Lipinski definition) is 1. The number of rotatable bonds is 6. The summed E-state index contributed by atoms with van der Waals surface area (Å²) in [7, 11) is 0. The standard InChI is InChI=1S/C33H34N4O3S/c1-20-5-4-6-21(2)28(20)30-29(31(40-35-30)22-7-8-22)24-18-33(19-24)13-15-37(16-14-33)25-10-12-26-23(17-25)9-11-27(34-26)32(38)36-41(3)39/h4-6,9-12,17-18,22H,7-8,13-16,19H2,1-3H3,(H,36,38). The number of aryl methyl sites for hydroxylation is 2. The van der Waals surface area contributed by atoms with Crippen LogP contribution < -0.4 is 9.62 Å². The molecule has 2 aliphatic carbocycles. The largest absolute Gasteiger partial charge is 0.593 e. The van der Waals surface area contributed by atoms with Gasteiger partial charge in [0.1, 0.15) is 23.4 Å². The van der Waals surface area contributed by atoms with Gasteiger partial charge in [0.2, 0.25) is 0 Å². The van der Waals surface area contributed by atoms with E-state index in [-0.39, 0.29) is 11.1 Å². The molecule has 1 aliphatic heterocycles. The van der Waals surface area contributed by atoms with Crippen molar-refractivity contribution in [3.63, 3.8) is 0 Å². The topological polar surface area (TPSA) is 94.3 Å². The SMILES string of the molecule is Cc1cccc(C)c1-c1noc(C2CC2)c1C1=CC2(CCN(c3ccc4nc(C(=O)N[S+](C)[O-])ccc4c3)CC2)C1. The third kappa shape index (κ3) is 4.83. The van der Waals surface area contributed by atoms with Crippen LogP contribution in [0.3, 0.4) is 0 Å². The van der Waals surface area contributed by atoms with E-state index in [9.17, 15) is 9.35 Å². The van der Waals surface area contributed by atoms with E-state index in [1.165, 1.54) is 52.6 Å². The first-order valence-electron chi connectivity index (χ1n) is 14.4. The number of hydrogen-bond acceptors (Lipinski definition) is 6. The highest BCUT2D eigenvalue weighted by Gasteiger charge is 2.44. The van der Waals surface area contributed by atoms with E-state index in [4.69, 9.17) is 4.52 Å². The molecule has 7 nitrogen and oxygen atoms in total. The number of piperidine rings is 1. The third-order valence-corrected chi connectivity index (χ3v) is 9.47. The molecular weight excluding hydrogens is 532 g/mol. The first kappa shape index (κ1) is 26.3. The molecule has 1 spiro atoms. The van der Waals surface area contributed by atoms with E-state index in [0.29, 0.717) is 5.92 Å². The molecule has 1 atom stereocenters. The Morgan fingerprint density at radius 2 is 1.80 bits per heavy atom. The zero-order valence-corrected chi connectivity index (χ0v) is 24.5. The zero-order chi connectivity index (χ0) is 28.3. The van der Waals surface area contributed by atoms with Gasteiger partial charge in [0.15, 0.2) is 0 Å². The van der Waals surface area contributed by atoms with Crippen LogP contribution in [-0.4, -0.2) is 39.9 Å². The van der Waals surface area contributed by atoms with Gasteiger partial charge in [-0.1, -0.05) is 35.5 Å². The van der Waals surface area contributed by atoms with Gasteiger partial charge >= 0.3 is 5.91 Å². The van der Waals surface area contributed by atoms with Crippen LogP contribution in [0.5, 0.6) is 0 Å². The normalized spacial score (nSPS) is 18.7. The number of anilines is 1. The molecule has 1 saturated heterocycles. The molecule has 7 rings (SSSR count). The first-order chi connectivity index (χ1) is 19.8. The van der Waals surface area contributed by atoms with Crippen molar-refractivity contribution in [3.8, 4) is 11.3 Å². The van der Waals surface area contributed by atoms with Crippen LogP contribution in [0.15, 0.2) is 59.1 Å². The maximum atomic E-state index is 12.2. The Labute approximate surface area is 243 Å². The number of nitrogens with one attached hydrogen (secondary N) is 1. The Bertz CT molecular complexity index is 1680. The molecule has 0 bridgehead atoms. The van der Waals surface area contributed by atoms with Crippen molar-refractivity contribution >= 4 is 39.4 Å². The van der Waals surface area contributed by atoms with Gasteiger partial charge in [0.25, 0.3) is 0 Å². The summed E-state index contributed by atoms with van der Waals surface area (Å²) in [6.45, 7) is 6.32. The molecule has 2 fully saturated rings. The summed E-state index contributed by atoms with van der Waals surface area (Å²) < 4.78 is 19.8. The Hall–Kier alpha value is -3.62. The Morgan fingerprint density at radius 3 is 2.49 bits per heavy atom. The van der Waals surface area contributed by atoms with Crippen LogP contribution >= 0.6 is 0 Å². The fourth-order valence-corrected chi connectivity index (χ4v) is 6.99. The summed E-state index contributed by atoms with van der Waals surface area (Å²) in [6, 6.07) is 16.2. The molecule has 3 heterocycles. The zero-order valence-electron chi connectivity index (χ0n) is 23.7. The number of allylic oxidation sites excluding steroid dienone is 2. The highest BCUT2D eigenvalue weighted by atomic mass is 32.2. The molecule has 1 unspecified atom stereocenters. The molecule has 41 heavy (non-hydrogen) atoms. The van der Waals surface area contributed by atoms with Crippen LogP contribution in [-0.2, 0) is 11.4 Å². The monoisotopic (exact) mass is 566 g/mol. The molecule has 3 aliphatic rings. The van der Waals surface area contributed by atoms with Gasteiger partial charge in [-0.2, -0.15) is 4.72 Å². The van der Waals surface area contributed by atoms with Crippen LogP contribution in [0, 0.1) is 19.3 Å². The number of nitrogens with zero attached hydrogens (tertiary/aromatic N) is 3. The predicted molar refractivity (Wildman–Crippen MR) is 163 cm³/mol. The lowest BCUT2D eigenvalue weighted by Gasteiger charge is -2.47. The molecular formula is C33H34N4O3S. The average molecular weight is 567 g/mol. The molecule has 8 heteroatoms. The fourth-order valence-electron chi connectivity index (χ4n) is 6.63. The summed E-state index contributed by atoms with van der Waals surface area (Å²) in [5, 5.41) is 5.63. The number of benzene rings is 2. The van der Waals surface area contributed by atoms with Crippen molar-refractivity contribution < 1.29 is 13.9 Å². The van der Waals surface area contributed by atoms with E-state index in [1.807, 2.05) is 12.1 Å². The quantitative estimate of drug-likeness (QED) is 0.269. The number of carbonyl (C=O) groups excluding carboxylic acids is 1. The van der Waals surface area contributed by atoms with Gasteiger partial charge in [0.05, 0.1) is 16.9 Å². The van der Waals surface area contributed by atoms with Gasteiger partial charge in [-0.15, -0.1) is 0 Å². The van der Waals surface area contributed by atoms with Gasteiger partial charge in [0, 0.05) is 41.2 Å². The van der Waals surface area contributed by atoms with Crippen molar-refractivity contribution in [3.05, 3.63) is 82.8 Å². The Balaban J connectivity index is 1.09. The molecule has 2 aromatic carbocycles. The van der Waals surface area contributed by atoms with Gasteiger partial charge in [-0.05, 0) is 92.3 Å². The highest BCUT2D eigenvalue weighted by molar-refractivity contribution is 7.89. The fraction of sp³-hybridized carbons (Fsp3) is 0.364. The van der Waals surface area contributed by atoms with Crippen LogP contribution in [0.4, 0.5) is 5.69 Å². The third-order valence-electron chi connectivity index (χ3n) is 8.99. The lowest BCUT2D eigenvalue weighted by atomic mass is 9.63. The van der Waals surface area contributed by atoms with E-state index in [2.05, 4.69) is 70.0 Å². The molecule has 210 valence electrons. The molecule has 4 aromatic rings. The average Bonchev–Trinajstić information content (AvgIpc) is 3.70. The summed E-state index contributed by atoms with van der Waals surface area (Å²) in [5.74, 6) is 1.18. The second kappa shape index (κ2) is 10.0. The number of amides is 1. The molecule has 0 radical (unpaired) electrons.